The van der Waals surface area contributed by atoms with Crippen LogP contribution in [0, 0.1) is 18.7 Å². The number of fused-ring (bicyclic) bond motifs is 1. The van der Waals surface area contributed by atoms with Gasteiger partial charge >= 0.3 is 0 Å². The zero-order valence-corrected chi connectivity index (χ0v) is 20.5. The number of nitrogens with zero attached hydrogens (tertiary/aromatic N) is 5. The Morgan fingerprint density at radius 2 is 2.15 bits per heavy atom. The molecule has 1 saturated heterocycles. The molecule has 1 atom stereocenters. The molecule has 1 aliphatic heterocycles. The van der Waals surface area contributed by atoms with Gasteiger partial charge in [-0.25, -0.2) is 9.07 Å². The molecule has 0 bridgehead atoms. The Hall–Kier alpha value is -2.52. The number of aromatic nitrogens is 3. The van der Waals surface area contributed by atoms with Gasteiger partial charge in [-0.2, -0.15) is 10.1 Å². The second-order valence-corrected chi connectivity index (χ2v) is 9.56. The van der Waals surface area contributed by atoms with Gasteiger partial charge in [0, 0.05) is 19.6 Å². The predicted molar refractivity (Wildman–Crippen MR) is 132 cm³/mol. The maximum atomic E-state index is 13.8. The van der Waals surface area contributed by atoms with E-state index in [2.05, 4.69) is 34.1 Å². The van der Waals surface area contributed by atoms with Crippen molar-refractivity contribution in [3.63, 3.8) is 0 Å². The molecule has 0 unspecified atom stereocenters. The van der Waals surface area contributed by atoms with Crippen molar-refractivity contribution in [2.75, 3.05) is 44.2 Å². The lowest BCUT2D eigenvalue weighted by Gasteiger charge is -2.31. The number of nitrogens with one attached hydrogen (secondary N) is 1. The fourth-order valence-corrected chi connectivity index (χ4v) is 5.43. The molecule has 9 heteroatoms. The molecular weight excluding hydrogens is 439 g/mol. The molecule has 3 aromatic rings. The Morgan fingerprint density at radius 3 is 2.91 bits per heavy atom. The average Bonchev–Trinajstić information content (AvgIpc) is 3.40. The average molecular weight is 473 g/mol. The number of amides is 1. The van der Waals surface area contributed by atoms with Crippen molar-refractivity contribution in [3.05, 3.63) is 35.8 Å². The van der Waals surface area contributed by atoms with Crippen LogP contribution in [0.1, 0.15) is 38.8 Å². The Bertz CT molecular complexity index is 1090. The van der Waals surface area contributed by atoms with Crippen molar-refractivity contribution in [2.45, 2.75) is 40.0 Å². The first-order valence-electron chi connectivity index (χ1n) is 11.9. The van der Waals surface area contributed by atoms with Crippen LogP contribution >= 0.6 is 11.3 Å². The number of hydrogen-bond donors (Lipinski definition) is 1. The van der Waals surface area contributed by atoms with Gasteiger partial charge in [0.05, 0.1) is 22.0 Å². The third kappa shape index (κ3) is 5.35. The predicted octanol–water partition coefficient (Wildman–Crippen LogP) is 3.99. The minimum absolute atomic E-state index is 0.0277. The summed E-state index contributed by atoms with van der Waals surface area (Å²) in [6, 6.07) is 6.39. The topological polar surface area (TPSA) is 66.3 Å². The molecule has 1 N–H and O–H groups in total. The molecule has 0 spiro atoms. The lowest BCUT2D eigenvalue weighted by Crippen LogP contribution is -2.43. The Balaban J connectivity index is 1.42. The van der Waals surface area contributed by atoms with Crippen LogP contribution in [0.4, 0.5) is 9.52 Å². The Labute approximate surface area is 198 Å². The quantitative estimate of drug-likeness (QED) is 0.477. The summed E-state index contributed by atoms with van der Waals surface area (Å²) in [5.41, 5.74) is 2.27. The molecule has 7 nitrogen and oxygen atoms in total. The van der Waals surface area contributed by atoms with Gasteiger partial charge in [0.25, 0.3) is 0 Å². The molecule has 1 aromatic carbocycles. The van der Waals surface area contributed by atoms with Crippen LogP contribution in [-0.2, 0) is 4.79 Å². The van der Waals surface area contributed by atoms with E-state index in [0.717, 1.165) is 73.2 Å². The molecule has 0 aliphatic carbocycles. The molecule has 178 valence electrons. The van der Waals surface area contributed by atoms with Gasteiger partial charge in [0.15, 0.2) is 10.8 Å². The Morgan fingerprint density at radius 1 is 1.33 bits per heavy atom. The number of hydrogen-bond acceptors (Lipinski definition) is 6. The van der Waals surface area contributed by atoms with Gasteiger partial charge in [-0.3, -0.25) is 4.79 Å². The van der Waals surface area contributed by atoms with Crippen molar-refractivity contribution in [1.29, 1.82) is 0 Å². The first-order valence-corrected chi connectivity index (χ1v) is 12.7. The van der Waals surface area contributed by atoms with Gasteiger partial charge in [0.2, 0.25) is 5.91 Å². The number of anilines is 1. The lowest BCUT2D eigenvalue weighted by molar-refractivity contribution is -0.125. The molecule has 3 heterocycles. The minimum Gasteiger partial charge on any atom is -0.356 e. The van der Waals surface area contributed by atoms with Crippen LogP contribution in [0.25, 0.3) is 16.0 Å². The largest absolute Gasteiger partial charge is 0.356 e. The molecular formula is C24H33FN6OS. The highest BCUT2D eigenvalue weighted by Crippen LogP contribution is 2.34. The zero-order chi connectivity index (χ0) is 23.4. The third-order valence-corrected chi connectivity index (χ3v) is 7.55. The molecule has 0 radical (unpaired) electrons. The van der Waals surface area contributed by atoms with Crippen LogP contribution in [-0.4, -0.2) is 64.8 Å². The highest BCUT2D eigenvalue weighted by Gasteiger charge is 2.28. The number of halogens is 1. The fraction of sp³-hybridized carbons (Fsp3) is 0.542. The molecule has 2 aromatic heterocycles. The van der Waals surface area contributed by atoms with E-state index in [9.17, 15) is 9.18 Å². The number of thiazole rings is 1. The minimum atomic E-state index is -0.300. The molecule has 33 heavy (non-hydrogen) atoms. The zero-order valence-electron chi connectivity index (χ0n) is 19.7. The van der Waals surface area contributed by atoms with Gasteiger partial charge in [-0.15, -0.1) is 0 Å². The summed E-state index contributed by atoms with van der Waals surface area (Å²) in [5.74, 6) is -0.186. The summed E-state index contributed by atoms with van der Waals surface area (Å²) in [4.78, 5) is 22.2. The van der Waals surface area contributed by atoms with Gasteiger partial charge in [0.1, 0.15) is 5.82 Å². The van der Waals surface area contributed by atoms with Crippen molar-refractivity contribution in [1.82, 2.24) is 25.0 Å². The smallest absolute Gasteiger partial charge is 0.224 e. The first kappa shape index (κ1) is 23.6. The van der Waals surface area contributed by atoms with E-state index in [1.54, 1.807) is 22.1 Å². The maximum absolute atomic E-state index is 13.8. The fourth-order valence-electron chi connectivity index (χ4n) is 4.41. The Kier molecular flexibility index (Phi) is 7.60. The normalized spacial score (nSPS) is 16.6. The standard InChI is InChI=1S/C24H33FN6OS/c1-4-29(5-2)13-8-12-26-23(32)18-9-7-14-30(16-18)24-27-22-21(33-24)17(3)28-31(22)20-11-6-10-19(25)15-20/h6,10-11,15,18H,4-5,7-9,12-14,16H2,1-3H3,(H,26,32)/t18-/m1/s1. The van der Waals surface area contributed by atoms with Crippen molar-refractivity contribution >= 4 is 32.7 Å². The van der Waals surface area contributed by atoms with Gasteiger partial charge < -0.3 is 15.1 Å². The number of piperidine rings is 1. The molecule has 4 rings (SSSR count). The lowest BCUT2D eigenvalue weighted by atomic mass is 9.97. The summed E-state index contributed by atoms with van der Waals surface area (Å²) in [7, 11) is 0. The first-order chi connectivity index (χ1) is 16.0. The van der Waals surface area contributed by atoms with Crippen LogP contribution in [0.15, 0.2) is 24.3 Å². The third-order valence-electron chi connectivity index (χ3n) is 6.34. The van der Waals surface area contributed by atoms with E-state index < -0.39 is 0 Å². The summed E-state index contributed by atoms with van der Waals surface area (Å²) in [6.45, 7) is 11.6. The van der Waals surface area contributed by atoms with Crippen LogP contribution in [0.5, 0.6) is 0 Å². The second kappa shape index (κ2) is 10.6. The number of aryl methyl sites for hydroxylation is 1. The van der Waals surface area contributed by atoms with Crippen molar-refractivity contribution in [3.8, 4) is 5.69 Å². The highest BCUT2D eigenvalue weighted by atomic mass is 32.1. The number of benzene rings is 1. The van der Waals surface area contributed by atoms with Gasteiger partial charge in [-0.05, 0) is 64.0 Å². The van der Waals surface area contributed by atoms with E-state index in [1.807, 2.05) is 13.0 Å². The summed E-state index contributed by atoms with van der Waals surface area (Å²) >= 11 is 1.59. The molecule has 1 aliphatic rings. The molecule has 0 saturated carbocycles. The van der Waals surface area contributed by atoms with Crippen molar-refractivity contribution < 1.29 is 9.18 Å². The van der Waals surface area contributed by atoms with Crippen molar-refractivity contribution in [2.24, 2.45) is 5.92 Å². The van der Waals surface area contributed by atoms with Crippen LogP contribution in [0.3, 0.4) is 0 Å². The number of rotatable bonds is 9. The van der Waals surface area contributed by atoms with E-state index in [1.165, 1.54) is 12.1 Å². The maximum Gasteiger partial charge on any atom is 0.224 e. The summed E-state index contributed by atoms with van der Waals surface area (Å²) in [6.07, 6.45) is 2.83. The van der Waals surface area contributed by atoms with Crippen LogP contribution in [0.2, 0.25) is 0 Å². The molecule has 1 fully saturated rings. The van der Waals surface area contributed by atoms with Gasteiger partial charge in [-0.1, -0.05) is 31.3 Å². The van der Waals surface area contributed by atoms with E-state index in [-0.39, 0.29) is 17.6 Å². The van der Waals surface area contributed by atoms with E-state index in [4.69, 9.17) is 4.98 Å². The number of carbonyl (C=O) groups is 1. The second-order valence-electron chi connectivity index (χ2n) is 8.58. The SMILES string of the molecule is CCN(CC)CCCNC(=O)[C@@H]1CCCN(c2nc3c(s2)c(C)nn3-c2cccc(F)c2)C1. The monoisotopic (exact) mass is 472 g/mol. The summed E-state index contributed by atoms with van der Waals surface area (Å²) < 4.78 is 16.5. The van der Waals surface area contributed by atoms with E-state index >= 15 is 0 Å². The highest BCUT2D eigenvalue weighted by molar-refractivity contribution is 7.22. The molecule has 1 amide bonds. The number of carbonyl (C=O) groups excluding carboxylic acids is 1. The van der Waals surface area contributed by atoms with Crippen LogP contribution < -0.4 is 10.2 Å². The van der Waals surface area contributed by atoms with E-state index in [0.29, 0.717) is 12.2 Å². The summed E-state index contributed by atoms with van der Waals surface area (Å²) in [5, 5.41) is 8.60.